The predicted octanol–water partition coefficient (Wildman–Crippen LogP) is -1.16. The van der Waals surface area contributed by atoms with Crippen molar-refractivity contribution in [2.45, 2.75) is 0 Å². The largest absolute Gasteiger partial charge is 0.362 e. The van der Waals surface area contributed by atoms with E-state index in [1.807, 2.05) is 0 Å². The minimum absolute atomic E-state index is 0.00565. The molecule has 0 saturated carbocycles. The summed E-state index contributed by atoms with van der Waals surface area (Å²) in [7, 11) is 0. The third-order valence-corrected chi connectivity index (χ3v) is 2.15. The van der Waals surface area contributed by atoms with Gasteiger partial charge in [0.25, 0.3) is 16.5 Å². The molecule has 0 amide bonds. The summed E-state index contributed by atoms with van der Waals surface area (Å²) in [6, 6.07) is 2.64. The van der Waals surface area contributed by atoms with Crippen molar-refractivity contribution >= 4 is 0 Å². The van der Waals surface area contributed by atoms with Gasteiger partial charge in [-0.25, -0.2) is 0 Å². The Hall–Kier alpha value is -3.02. The smallest absolute Gasteiger partial charge is 0.339 e. The highest BCUT2D eigenvalue weighted by molar-refractivity contribution is 5.12. The molecule has 0 radical (unpaired) electrons. The van der Waals surface area contributed by atoms with Crippen molar-refractivity contribution in [2.24, 2.45) is 15.4 Å². The number of nitrogens with zero attached hydrogens (tertiary/aromatic N) is 6. The number of aromatic amines is 1. The Morgan fingerprint density at radius 1 is 1.29 bits per heavy atom. The van der Waals surface area contributed by atoms with Crippen LogP contribution in [0.25, 0.3) is 10.6 Å². The zero-order valence-corrected chi connectivity index (χ0v) is 8.15. The highest BCUT2D eigenvalue weighted by atomic mass is 16.2. The molecule has 0 spiro atoms. The van der Waals surface area contributed by atoms with Gasteiger partial charge in [-0.15, -0.1) is 0 Å². The first-order valence-electron chi connectivity index (χ1n) is 4.32. The van der Waals surface area contributed by atoms with Crippen molar-refractivity contribution in [3.63, 3.8) is 0 Å². The van der Waals surface area contributed by atoms with E-state index >= 15 is 0 Å². The number of diazo groups is 1. The lowest BCUT2D eigenvalue weighted by atomic mass is 10.2. The van der Waals surface area contributed by atoms with Gasteiger partial charge in [-0.1, -0.05) is 6.07 Å². The molecule has 0 aromatic carbocycles. The zero-order valence-electron chi connectivity index (χ0n) is 8.15. The standard InChI is InChI=1S/C8H3N7O2/c9-14-12-4-2-1-3-5(6(4)13-15-10)8(17)11-7(3)16/h1-2H,(H,11,16,17). The van der Waals surface area contributed by atoms with Gasteiger partial charge in [-0.2, -0.15) is 0 Å². The van der Waals surface area contributed by atoms with E-state index in [0.29, 0.717) is 0 Å². The van der Waals surface area contributed by atoms with Crippen LogP contribution >= 0.6 is 0 Å². The van der Waals surface area contributed by atoms with Crippen LogP contribution in [0.2, 0.25) is 0 Å². The molecule has 0 saturated heterocycles. The molecule has 1 N–H and O–H groups in total. The maximum absolute atomic E-state index is 11.5. The molecule has 0 fully saturated rings. The lowest BCUT2D eigenvalue weighted by molar-refractivity contribution is 1.06. The molecule has 0 unspecified atom stereocenters. The van der Waals surface area contributed by atoms with E-state index in [-0.39, 0.29) is 21.2 Å². The molecular formula is C8H3N7O2. The van der Waals surface area contributed by atoms with Gasteiger partial charge in [-0.3, -0.25) is 19.8 Å². The van der Waals surface area contributed by atoms with Gasteiger partial charge in [-0.05, 0) is 6.07 Å². The molecule has 9 heteroatoms. The fraction of sp³-hybridized carbons (Fsp3) is 0. The molecule has 0 aromatic heterocycles. The maximum atomic E-state index is 11.5. The van der Waals surface area contributed by atoms with E-state index in [0.717, 1.165) is 0 Å². The van der Waals surface area contributed by atoms with Crippen molar-refractivity contribution in [3.05, 3.63) is 64.6 Å². The molecule has 1 heterocycles. The minimum Gasteiger partial charge on any atom is -0.362 e. The highest BCUT2D eigenvalue weighted by Gasteiger charge is 2.06. The molecule has 17 heavy (non-hydrogen) atoms. The Labute approximate surface area is 91.2 Å². The summed E-state index contributed by atoms with van der Waals surface area (Å²) in [5.74, 6) is 0. The average Bonchev–Trinajstić information content (AvgIpc) is 2.58. The third-order valence-electron chi connectivity index (χ3n) is 2.15. The summed E-state index contributed by atoms with van der Waals surface area (Å²) >= 11 is 0. The van der Waals surface area contributed by atoms with Crippen molar-refractivity contribution in [1.82, 2.24) is 4.98 Å². The van der Waals surface area contributed by atoms with Gasteiger partial charge < -0.3 is 10.6 Å². The predicted molar refractivity (Wildman–Crippen MR) is 53.0 cm³/mol. The van der Waals surface area contributed by atoms with Crippen molar-refractivity contribution < 1.29 is 0 Å². The quantitative estimate of drug-likeness (QED) is 0.375. The maximum Gasteiger partial charge on any atom is 0.339 e. The monoisotopic (exact) mass is 229 g/mol. The Bertz CT molecular complexity index is 907. The van der Waals surface area contributed by atoms with Gasteiger partial charge in [0.15, 0.2) is 10.5 Å². The van der Waals surface area contributed by atoms with Crippen molar-refractivity contribution in [1.29, 1.82) is 5.39 Å². The van der Waals surface area contributed by atoms with Crippen molar-refractivity contribution in [2.75, 3.05) is 0 Å². The van der Waals surface area contributed by atoms with Gasteiger partial charge in [0.2, 0.25) is 0 Å². The Balaban J connectivity index is 3.32. The Kier molecular flexibility index (Phi) is 2.38. The molecule has 0 aromatic rings. The molecule has 0 atom stereocenters. The lowest BCUT2D eigenvalue weighted by Crippen LogP contribution is -2.29. The van der Waals surface area contributed by atoms with Crippen LogP contribution in [0.15, 0.2) is 37.1 Å². The van der Waals surface area contributed by atoms with E-state index in [1.165, 1.54) is 12.1 Å². The second kappa shape index (κ2) is 3.86. The molecule has 2 rings (SSSR count). The van der Waals surface area contributed by atoms with Gasteiger partial charge >= 0.3 is 5.08 Å². The molecule has 2 aliphatic rings. The first-order chi connectivity index (χ1) is 8.19. The van der Waals surface area contributed by atoms with Crippen LogP contribution in [0, 0.1) is 15.8 Å². The number of rotatable bonds is 1. The summed E-state index contributed by atoms with van der Waals surface area (Å²) in [5, 5.41) is 19.9. The van der Waals surface area contributed by atoms with E-state index in [9.17, 15) is 9.59 Å². The number of hydrogen-bond acceptors (Lipinski definition) is 5. The average molecular weight is 229 g/mol. The fourth-order valence-corrected chi connectivity index (χ4v) is 1.51. The SMILES string of the molecule is N#[N+]N=c1c(=NN=[N-])ccc2c(=O)[nH]c(=O)c1=2. The van der Waals surface area contributed by atoms with E-state index in [4.69, 9.17) is 10.9 Å². The minimum atomic E-state index is -0.678. The number of H-pyrrole nitrogens is 1. The Morgan fingerprint density at radius 3 is 2.71 bits per heavy atom. The zero-order chi connectivity index (χ0) is 12.4. The number of nitrogens with one attached hydrogen (secondary N) is 1. The molecule has 1 aliphatic carbocycles. The highest BCUT2D eigenvalue weighted by Crippen LogP contribution is 1.80. The molecule has 0 bridgehead atoms. The van der Waals surface area contributed by atoms with E-state index < -0.39 is 11.1 Å². The van der Waals surface area contributed by atoms with Crippen LogP contribution in [0.3, 0.4) is 0 Å². The molecular weight excluding hydrogens is 226 g/mol. The van der Waals surface area contributed by atoms with E-state index in [2.05, 4.69) is 25.5 Å². The van der Waals surface area contributed by atoms with E-state index in [1.54, 1.807) is 0 Å². The summed E-state index contributed by atoms with van der Waals surface area (Å²) in [6.45, 7) is 0. The van der Waals surface area contributed by atoms with Crippen LogP contribution in [-0.2, 0) is 0 Å². The first kappa shape index (κ1) is 10.5. The van der Waals surface area contributed by atoms with Crippen LogP contribution in [0.5, 0.6) is 0 Å². The molecule has 9 nitrogen and oxygen atoms in total. The van der Waals surface area contributed by atoms with Crippen LogP contribution in [0.1, 0.15) is 0 Å². The van der Waals surface area contributed by atoms with Gasteiger partial charge in [0.1, 0.15) is 0 Å². The second-order valence-electron chi connectivity index (χ2n) is 3.02. The van der Waals surface area contributed by atoms with Crippen LogP contribution < -0.4 is 21.8 Å². The molecule has 1 aliphatic heterocycles. The molecule has 82 valence electrons. The van der Waals surface area contributed by atoms with Crippen molar-refractivity contribution in [3.8, 4) is 0 Å². The fourth-order valence-electron chi connectivity index (χ4n) is 1.51. The summed E-state index contributed by atoms with van der Waals surface area (Å²) in [6.07, 6.45) is 0. The Morgan fingerprint density at radius 2 is 2.06 bits per heavy atom. The van der Waals surface area contributed by atoms with Crippen LogP contribution in [0.4, 0.5) is 0 Å². The third kappa shape index (κ3) is 1.53. The lowest BCUT2D eigenvalue weighted by Gasteiger charge is -1.88. The topological polar surface area (TPSA) is 137 Å². The normalized spacial score (nSPS) is 12.9. The summed E-state index contributed by atoms with van der Waals surface area (Å²) < 4.78 is 0. The first-order valence-corrected chi connectivity index (χ1v) is 4.32. The summed E-state index contributed by atoms with van der Waals surface area (Å²) in [5.41, 5.74) is 7.08. The second-order valence-corrected chi connectivity index (χ2v) is 3.02. The number of aromatic nitrogens is 1. The number of hydrogen-bond donors (Lipinski definition) is 1. The van der Waals surface area contributed by atoms with Gasteiger partial charge in [0, 0.05) is 5.36 Å². The van der Waals surface area contributed by atoms with Gasteiger partial charge in [0.05, 0.1) is 10.4 Å². The summed E-state index contributed by atoms with van der Waals surface area (Å²) in [4.78, 5) is 24.9. The van der Waals surface area contributed by atoms with Crippen LogP contribution in [-0.4, -0.2) is 4.98 Å².